The minimum atomic E-state index is 0.0545. The van der Waals surface area contributed by atoms with E-state index in [0.717, 1.165) is 0 Å². The molecule has 182 valence electrons. The Balaban J connectivity index is 1.68. The van der Waals surface area contributed by atoms with Gasteiger partial charge in [-0.2, -0.15) is 0 Å². The summed E-state index contributed by atoms with van der Waals surface area (Å²) in [6.45, 7) is 6.91. The van der Waals surface area contributed by atoms with Crippen LogP contribution in [0.25, 0.3) is 65.3 Å². The fourth-order valence-electron chi connectivity index (χ4n) is 6.03. The molecule has 7 aromatic carbocycles. The molecule has 0 saturated carbocycles. The molecule has 0 unspecified atom stereocenters. The largest absolute Gasteiger partial charge is 0.0616 e. The lowest BCUT2D eigenvalue weighted by Crippen LogP contribution is -2.10. The molecule has 0 N–H and O–H groups in total. The quantitative estimate of drug-likeness (QED) is 0.213. The molecule has 0 aliphatic heterocycles. The smallest absolute Gasteiger partial charge is 0.00200 e. The minimum Gasteiger partial charge on any atom is -0.0616 e. The Morgan fingerprint density at radius 2 is 1.00 bits per heavy atom. The van der Waals surface area contributed by atoms with E-state index in [1.807, 2.05) is 0 Å². The van der Waals surface area contributed by atoms with Crippen LogP contribution in [0.1, 0.15) is 26.3 Å². The second kappa shape index (κ2) is 8.57. The molecule has 0 atom stereocenters. The first-order chi connectivity index (χ1) is 18.5. The molecule has 0 spiro atoms. The van der Waals surface area contributed by atoms with Gasteiger partial charge in [0.1, 0.15) is 0 Å². The van der Waals surface area contributed by atoms with E-state index >= 15 is 0 Å². The molecular formula is C38H30. The summed E-state index contributed by atoms with van der Waals surface area (Å²) in [6, 6.07) is 47.1. The summed E-state index contributed by atoms with van der Waals surface area (Å²) in [6.07, 6.45) is 0. The highest BCUT2D eigenvalue weighted by atomic mass is 14.2. The van der Waals surface area contributed by atoms with Gasteiger partial charge in [0, 0.05) is 0 Å². The summed E-state index contributed by atoms with van der Waals surface area (Å²) < 4.78 is 0. The van der Waals surface area contributed by atoms with Gasteiger partial charge in [0.05, 0.1) is 0 Å². The number of benzene rings is 7. The fourth-order valence-corrected chi connectivity index (χ4v) is 6.03. The van der Waals surface area contributed by atoms with Gasteiger partial charge >= 0.3 is 0 Å². The summed E-state index contributed by atoms with van der Waals surface area (Å²) >= 11 is 0. The molecule has 0 bridgehead atoms. The Morgan fingerprint density at radius 1 is 0.395 bits per heavy atom. The minimum absolute atomic E-state index is 0.0545. The van der Waals surface area contributed by atoms with E-state index in [-0.39, 0.29) is 5.41 Å². The molecule has 0 aliphatic rings. The van der Waals surface area contributed by atoms with Gasteiger partial charge in [0.15, 0.2) is 0 Å². The van der Waals surface area contributed by atoms with E-state index < -0.39 is 0 Å². The Kier molecular flexibility index (Phi) is 5.13. The average molecular weight is 487 g/mol. The van der Waals surface area contributed by atoms with Gasteiger partial charge in [0.2, 0.25) is 0 Å². The Hall–Kier alpha value is -4.42. The molecule has 0 heterocycles. The van der Waals surface area contributed by atoms with Crippen LogP contribution in [0.2, 0.25) is 0 Å². The Morgan fingerprint density at radius 3 is 1.76 bits per heavy atom. The van der Waals surface area contributed by atoms with E-state index in [2.05, 4.69) is 148 Å². The predicted octanol–water partition coefficient (Wildman–Crippen LogP) is 10.9. The number of rotatable bonds is 2. The monoisotopic (exact) mass is 486 g/mol. The van der Waals surface area contributed by atoms with Crippen molar-refractivity contribution in [3.05, 3.63) is 133 Å². The first kappa shape index (κ1) is 22.8. The topological polar surface area (TPSA) is 0 Å². The van der Waals surface area contributed by atoms with Crippen LogP contribution in [-0.4, -0.2) is 0 Å². The standard InChI is InChI=1S/C38H30/c1-38(2,3)29-21-22-34-35(24-29)37(31-18-10-14-26-12-6-7-15-30(26)31)33-17-9-8-16-32(33)36(34)28-20-19-25-11-4-5-13-27(25)23-28/h4-24H,1-3H3. The second-order valence-electron chi connectivity index (χ2n) is 11.4. The molecule has 38 heavy (non-hydrogen) atoms. The molecule has 0 heteroatoms. The van der Waals surface area contributed by atoms with Crippen molar-refractivity contribution in [2.45, 2.75) is 26.2 Å². The maximum Gasteiger partial charge on any atom is -0.00200 e. The third-order valence-corrected chi connectivity index (χ3v) is 7.99. The van der Waals surface area contributed by atoms with Crippen LogP contribution in [0, 0.1) is 0 Å². The third kappa shape index (κ3) is 3.60. The lowest BCUT2D eigenvalue weighted by molar-refractivity contribution is 0.591. The highest BCUT2D eigenvalue weighted by molar-refractivity contribution is 6.23. The van der Waals surface area contributed by atoms with Gasteiger partial charge in [-0.1, -0.05) is 136 Å². The van der Waals surface area contributed by atoms with Gasteiger partial charge < -0.3 is 0 Å². The Labute approximate surface area is 224 Å². The van der Waals surface area contributed by atoms with Crippen LogP contribution < -0.4 is 0 Å². The van der Waals surface area contributed by atoms with Crippen LogP contribution in [-0.2, 0) is 5.41 Å². The summed E-state index contributed by atoms with van der Waals surface area (Å²) in [5.41, 5.74) is 6.59. The molecule has 7 rings (SSSR count). The first-order valence-corrected chi connectivity index (χ1v) is 13.5. The van der Waals surface area contributed by atoms with Crippen molar-refractivity contribution in [2.24, 2.45) is 0 Å². The van der Waals surface area contributed by atoms with Gasteiger partial charge in [-0.05, 0) is 88.5 Å². The predicted molar refractivity (Wildman–Crippen MR) is 166 cm³/mol. The molecular weight excluding hydrogens is 456 g/mol. The van der Waals surface area contributed by atoms with Crippen molar-refractivity contribution in [3.63, 3.8) is 0 Å². The summed E-state index contributed by atoms with van der Waals surface area (Å²) in [4.78, 5) is 0. The van der Waals surface area contributed by atoms with Crippen molar-refractivity contribution in [3.8, 4) is 22.3 Å². The first-order valence-electron chi connectivity index (χ1n) is 13.5. The van der Waals surface area contributed by atoms with E-state index in [0.29, 0.717) is 0 Å². The molecule has 0 aromatic heterocycles. The SMILES string of the molecule is CC(C)(C)c1ccc2c(-c3ccc4ccccc4c3)c3ccccc3c(-c3cccc4ccccc34)c2c1. The molecule has 0 amide bonds. The lowest BCUT2D eigenvalue weighted by Gasteiger charge is -2.23. The van der Waals surface area contributed by atoms with E-state index in [9.17, 15) is 0 Å². The second-order valence-corrected chi connectivity index (χ2v) is 11.4. The van der Waals surface area contributed by atoms with E-state index in [4.69, 9.17) is 0 Å². The van der Waals surface area contributed by atoms with Gasteiger partial charge in [-0.15, -0.1) is 0 Å². The number of hydrogen-bond donors (Lipinski definition) is 0. The van der Waals surface area contributed by atoms with Gasteiger partial charge in [-0.3, -0.25) is 0 Å². The zero-order valence-corrected chi connectivity index (χ0v) is 22.1. The highest BCUT2D eigenvalue weighted by Gasteiger charge is 2.21. The molecule has 0 saturated heterocycles. The van der Waals surface area contributed by atoms with E-state index in [1.165, 1.54) is 70.9 Å². The Bertz CT molecular complexity index is 1990. The van der Waals surface area contributed by atoms with Crippen molar-refractivity contribution < 1.29 is 0 Å². The number of hydrogen-bond acceptors (Lipinski definition) is 0. The van der Waals surface area contributed by atoms with Crippen molar-refractivity contribution in [1.82, 2.24) is 0 Å². The average Bonchev–Trinajstić information content (AvgIpc) is 2.94. The zero-order valence-electron chi connectivity index (χ0n) is 22.1. The lowest BCUT2D eigenvalue weighted by atomic mass is 9.80. The van der Waals surface area contributed by atoms with E-state index in [1.54, 1.807) is 0 Å². The fraction of sp³-hybridized carbons (Fsp3) is 0.105. The summed E-state index contributed by atoms with van der Waals surface area (Å²) in [5.74, 6) is 0. The molecule has 7 aromatic rings. The van der Waals surface area contributed by atoms with Crippen LogP contribution in [0.4, 0.5) is 0 Å². The van der Waals surface area contributed by atoms with Crippen molar-refractivity contribution in [1.29, 1.82) is 0 Å². The normalized spacial score (nSPS) is 12.1. The van der Waals surface area contributed by atoms with Crippen LogP contribution >= 0.6 is 0 Å². The molecule has 0 aliphatic carbocycles. The van der Waals surface area contributed by atoms with Crippen molar-refractivity contribution in [2.75, 3.05) is 0 Å². The zero-order chi connectivity index (χ0) is 25.9. The van der Waals surface area contributed by atoms with Crippen LogP contribution in [0.3, 0.4) is 0 Å². The number of fused-ring (bicyclic) bond motifs is 4. The summed E-state index contributed by atoms with van der Waals surface area (Å²) in [7, 11) is 0. The molecule has 0 nitrogen and oxygen atoms in total. The van der Waals surface area contributed by atoms with Crippen molar-refractivity contribution >= 4 is 43.1 Å². The van der Waals surface area contributed by atoms with Gasteiger partial charge in [0.25, 0.3) is 0 Å². The third-order valence-electron chi connectivity index (χ3n) is 7.99. The molecule has 0 fully saturated rings. The highest BCUT2D eigenvalue weighted by Crippen LogP contribution is 2.46. The summed E-state index contributed by atoms with van der Waals surface area (Å²) in [5, 5.41) is 10.3. The van der Waals surface area contributed by atoms with Crippen LogP contribution in [0.5, 0.6) is 0 Å². The molecule has 0 radical (unpaired) electrons. The maximum atomic E-state index is 2.45. The maximum absolute atomic E-state index is 2.45. The van der Waals surface area contributed by atoms with Crippen LogP contribution in [0.15, 0.2) is 127 Å². The van der Waals surface area contributed by atoms with Gasteiger partial charge in [-0.25, -0.2) is 0 Å².